The molecule has 0 saturated heterocycles. The summed E-state index contributed by atoms with van der Waals surface area (Å²) in [5.74, 6) is 1.22. The van der Waals surface area contributed by atoms with Gasteiger partial charge in [0.1, 0.15) is 17.1 Å². The molecule has 0 spiro atoms. The van der Waals surface area contributed by atoms with Crippen molar-refractivity contribution in [2.45, 2.75) is 77.9 Å². The first-order valence-electron chi connectivity index (χ1n) is 11.0. The van der Waals surface area contributed by atoms with Gasteiger partial charge in [0.15, 0.2) is 0 Å². The monoisotopic (exact) mass is 427 g/mol. The highest BCUT2D eigenvalue weighted by molar-refractivity contribution is 5.54. The minimum Gasteiger partial charge on any atom is -0.496 e. The van der Waals surface area contributed by atoms with Gasteiger partial charge in [-0.2, -0.15) is 0 Å². The zero-order chi connectivity index (χ0) is 23.8. The lowest BCUT2D eigenvalue weighted by Gasteiger charge is -2.40. The van der Waals surface area contributed by atoms with E-state index >= 15 is 0 Å². The van der Waals surface area contributed by atoms with Crippen molar-refractivity contribution in [2.24, 2.45) is 11.7 Å². The normalized spacial score (nSPS) is 14.0. The molecule has 0 aliphatic heterocycles. The molecule has 1 unspecified atom stereocenters. The smallest absolute Gasteiger partial charge is 0.137 e. The number of hydrogen-bond acceptors (Lipinski definition) is 4. The second-order valence-corrected chi connectivity index (χ2v) is 10.9. The predicted octanol–water partition coefficient (Wildman–Crippen LogP) is 5.52. The molecule has 2 aromatic carbocycles. The molecule has 0 heterocycles. The number of aliphatic hydroxyl groups is 1. The molecule has 31 heavy (non-hydrogen) atoms. The predicted molar refractivity (Wildman–Crippen MR) is 129 cm³/mol. The second-order valence-electron chi connectivity index (χ2n) is 10.9. The van der Waals surface area contributed by atoms with Crippen molar-refractivity contribution >= 4 is 0 Å². The van der Waals surface area contributed by atoms with Gasteiger partial charge in [-0.15, -0.1) is 0 Å². The van der Waals surface area contributed by atoms with Gasteiger partial charge in [0, 0.05) is 17.2 Å². The molecule has 0 saturated carbocycles. The summed E-state index contributed by atoms with van der Waals surface area (Å²) >= 11 is 0. The summed E-state index contributed by atoms with van der Waals surface area (Å²) < 4.78 is 11.5. The van der Waals surface area contributed by atoms with Crippen LogP contribution in [0, 0.1) is 5.92 Å². The summed E-state index contributed by atoms with van der Waals surface area (Å²) in [5, 5.41) is 12.5. The summed E-state index contributed by atoms with van der Waals surface area (Å²) in [6.45, 7) is 17.0. The fourth-order valence-electron chi connectivity index (χ4n) is 3.93. The average Bonchev–Trinajstić information content (AvgIpc) is 2.70. The molecule has 0 aliphatic rings. The fraction of sp³-hybridized carbons (Fsp3) is 0.556. The van der Waals surface area contributed by atoms with E-state index in [9.17, 15) is 5.11 Å². The van der Waals surface area contributed by atoms with Crippen molar-refractivity contribution in [3.05, 3.63) is 58.7 Å². The number of ether oxygens (including phenoxy) is 2. The van der Waals surface area contributed by atoms with Gasteiger partial charge in [0.2, 0.25) is 0 Å². The summed E-state index contributed by atoms with van der Waals surface area (Å²) in [6, 6.07) is 11.4. The van der Waals surface area contributed by atoms with Crippen LogP contribution in [0.3, 0.4) is 0 Å². The molecular weight excluding hydrogens is 386 g/mol. The Labute approximate surface area is 188 Å². The molecule has 0 aliphatic carbocycles. The van der Waals surface area contributed by atoms with Crippen molar-refractivity contribution in [1.82, 2.24) is 0 Å². The molecule has 1 atom stereocenters. The summed E-state index contributed by atoms with van der Waals surface area (Å²) in [7, 11) is 3.25. The Morgan fingerprint density at radius 3 is 1.35 bits per heavy atom. The molecule has 172 valence electrons. The Morgan fingerprint density at radius 2 is 1.10 bits per heavy atom. The van der Waals surface area contributed by atoms with Crippen LogP contribution in [0.4, 0.5) is 0 Å². The maximum atomic E-state index is 12.5. The number of hydrogen-bond donors (Lipinski definition) is 2. The van der Waals surface area contributed by atoms with E-state index in [4.69, 9.17) is 15.2 Å². The number of benzene rings is 2. The van der Waals surface area contributed by atoms with Gasteiger partial charge in [-0.1, -0.05) is 67.5 Å². The Kier molecular flexibility index (Phi) is 7.19. The van der Waals surface area contributed by atoms with E-state index in [1.807, 2.05) is 50.2 Å². The van der Waals surface area contributed by atoms with Crippen LogP contribution in [0.1, 0.15) is 77.6 Å². The summed E-state index contributed by atoms with van der Waals surface area (Å²) in [4.78, 5) is 0. The third kappa shape index (κ3) is 4.91. The third-order valence-corrected chi connectivity index (χ3v) is 6.15. The molecule has 4 heteroatoms. The maximum absolute atomic E-state index is 12.5. The molecule has 2 aromatic rings. The average molecular weight is 428 g/mol. The van der Waals surface area contributed by atoms with Crippen molar-refractivity contribution in [2.75, 3.05) is 14.2 Å². The van der Waals surface area contributed by atoms with Crippen LogP contribution in [0.5, 0.6) is 11.5 Å². The Hall–Kier alpha value is -2.04. The number of methoxy groups -OCH3 is 2. The molecule has 0 amide bonds. The fourth-order valence-corrected chi connectivity index (χ4v) is 3.93. The van der Waals surface area contributed by atoms with E-state index < -0.39 is 11.6 Å². The second kappa shape index (κ2) is 8.84. The maximum Gasteiger partial charge on any atom is 0.137 e. The minimum atomic E-state index is -1.51. The van der Waals surface area contributed by atoms with E-state index in [1.54, 1.807) is 14.2 Å². The van der Waals surface area contributed by atoms with E-state index in [-0.39, 0.29) is 16.7 Å². The van der Waals surface area contributed by atoms with E-state index in [2.05, 4.69) is 41.5 Å². The van der Waals surface area contributed by atoms with Crippen molar-refractivity contribution in [3.8, 4) is 11.5 Å². The highest BCUT2D eigenvalue weighted by Crippen LogP contribution is 2.46. The van der Waals surface area contributed by atoms with Gasteiger partial charge in [-0.3, -0.25) is 0 Å². The highest BCUT2D eigenvalue weighted by atomic mass is 16.5. The van der Waals surface area contributed by atoms with Crippen LogP contribution >= 0.6 is 0 Å². The summed E-state index contributed by atoms with van der Waals surface area (Å²) in [6.07, 6.45) is 0. The first kappa shape index (κ1) is 25.2. The van der Waals surface area contributed by atoms with Gasteiger partial charge in [-0.25, -0.2) is 0 Å². The lowest BCUT2D eigenvalue weighted by Crippen LogP contribution is -2.50. The van der Waals surface area contributed by atoms with Crippen LogP contribution in [0.15, 0.2) is 36.4 Å². The van der Waals surface area contributed by atoms with E-state index in [0.29, 0.717) is 22.6 Å². The Balaban J connectivity index is 2.97. The molecule has 0 radical (unpaired) electrons. The number of nitrogens with two attached hydrogens (primary N) is 1. The topological polar surface area (TPSA) is 64.7 Å². The standard InChI is InChI=1S/C27H41NO3/c1-17(2)24(28)27(29,20-15-18(25(3,4)5)11-13-22(20)30-9)21-16-19(26(6,7)8)12-14-23(21)31-10/h11-17,24,29H,28H2,1-10H3. The first-order valence-corrected chi connectivity index (χ1v) is 11.0. The molecular formula is C27H41NO3. The zero-order valence-electron chi connectivity index (χ0n) is 21.0. The highest BCUT2D eigenvalue weighted by Gasteiger charge is 2.44. The number of rotatable bonds is 6. The minimum absolute atomic E-state index is 0.0102. The molecule has 0 bridgehead atoms. The van der Waals surface area contributed by atoms with Gasteiger partial charge < -0.3 is 20.3 Å². The third-order valence-electron chi connectivity index (χ3n) is 6.15. The molecule has 0 fully saturated rings. The SMILES string of the molecule is COc1ccc(C(C)(C)C)cc1C(O)(c1cc(C(C)(C)C)ccc1OC)C(N)C(C)C. The summed E-state index contributed by atoms with van der Waals surface area (Å²) in [5.41, 5.74) is 8.59. The van der Waals surface area contributed by atoms with Crippen molar-refractivity contribution in [1.29, 1.82) is 0 Å². The van der Waals surface area contributed by atoms with Crippen LogP contribution in [0.2, 0.25) is 0 Å². The van der Waals surface area contributed by atoms with Gasteiger partial charge in [0.05, 0.1) is 14.2 Å². The first-order chi connectivity index (χ1) is 14.2. The van der Waals surface area contributed by atoms with Crippen LogP contribution < -0.4 is 15.2 Å². The van der Waals surface area contributed by atoms with Gasteiger partial charge in [0.25, 0.3) is 0 Å². The van der Waals surface area contributed by atoms with E-state index in [1.165, 1.54) is 0 Å². The van der Waals surface area contributed by atoms with Crippen molar-refractivity contribution < 1.29 is 14.6 Å². The molecule has 4 nitrogen and oxygen atoms in total. The molecule has 0 aromatic heterocycles. The lowest BCUT2D eigenvalue weighted by molar-refractivity contribution is 0.0306. The van der Waals surface area contributed by atoms with E-state index in [0.717, 1.165) is 11.1 Å². The quantitative estimate of drug-likeness (QED) is 0.637. The molecule has 2 rings (SSSR count). The largest absolute Gasteiger partial charge is 0.496 e. The van der Waals surface area contributed by atoms with Gasteiger partial charge >= 0.3 is 0 Å². The Morgan fingerprint density at radius 1 is 0.742 bits per heavy atom. The van der Waals surface area contributed by atoms with Crippen LogP contribution in [-0.2, 0) is 16.4 Å². The van der Waals surface area contributed by atoms with Gasteiger partial charge in [-0.05, 0) is 52.1 Å². The lowest BCUT2D eigenvalue weighted by atomic mass is 9.72. The van der Waals surface area contributed by atoms with Crippen molar-refractivity contribution in [3.63, 3.8) is 0 Å². The van der Waals surface area contributed by atoms with Crippen LogP contribution in [0.25, 0.3) is 0 Å². The zero-order valence-corrected chi connectivity index (χ0v) is 21.0. The Bertz CT molecular complexity index is 838. The molecule has 3 N–H and O–H groups in total. The van der Waals surface area contributed by atoms with Crippen LogP contribution in [-0.4, -0.2) is 25.4 Å².